The molecule has 5 heteroatoms. The minimum absolute atomic E-state index is 0.385. The molecule has 0 aliphatic heterocycles. The summed E-state index contributed by atoms with van der Waals surface area (Å²) in [5.41, 5.74) is 8.54. The summed E-state index contributed by atoms with van der Waals surface area (Å²) in [6.07, 6.45) is 0. The summed E-state index contributed by atoms with van der Waals surface area (Å²) in [6.45, 7) is 2.00. The van der Waals surface area contributed by atoms with Gasteiger partial charge in [0.1, 0.15) is 5.15 Å². The lowest BCUT2D eigenvalue weighted by molar-refractivity contribution is 1.13. The van der Waals surface area contributed by atoms with E-state index in [1.165, 1.54) is 0 Å². The second-order valence-corrected chi connectivity index (χ2v) is 4.09. The Morgan fingerprint density at radius 3 is 3.00 bits per heavy atom. The first kappa shape index (κ1) is 9.42. The fourth-order valence-corrected chi connectivity index (χ4v) is 2.20. The maximum Gasteiger partial charge on any atom is 0.156 e. The molecule has 0 amide bonds. The van der Waals surface area contributed by atoms with Gasteiger partial charge in [-0.3, -0.25) is 5.10 Å². The lowest BCUT2D eigenvalue weighted by atomic mass is 10.1. The van der Waals surface area contributed by atoms with Gasteiger partial charge in [-0.25, -0.2) is 4.98 Å². The van der Waals surface area contributed by atoms with Crippen LogP contribution in [0.1, 0.15) is 5.56 Å². The Morgan fingerprint density at radius 2 is 2.19 bits per heavy atom. The summed E-state index contributed by atoms with van der Waals surface area (Å²) in [5, 5.41) is 8.94. The SMILES string of the molecule is Cc1cccc2c1nc(Cl)c1c(N)n[nH]c12. The van der Waals surface area contributed by atoms with Gasteiger partial charge in [0.05, 0.1) is 16.4 Å². The number of aromatic amines is 1. The normalized spacial score (nSPS) is 11.4. The number of nitrogens with zero attached hydrogens (tertiary/aromatic N) is 2. The number of anilines is 1. The van der Waals surface area contributed by atoms with Crippen LogP contribution in [0.5, 0.6) is 0 Å². The highest BCUT2D eigenvalue weighted by molar-refractivity contribution is 6.36. The minimum Gasteiger partial charge on any atom is -0.382 e. The smallest absolute Gasteiger partial charge is 0.156 e. The number of H-pyrrole nitrogens is 1. The zero-order chi connectivity index (χ0) is 11.3. The van der Waals surface area contributed by atoms with Gasteiger partial charge in [0.2, 0.25) is 0 Å². The molecule has 3 aromatic rings. The molecule has 4 nitrogen and oxygen atoms in total. The molecule has 2 aromatic heterocycles. The molecule has 0 fully saturated rings. The Hall–Kier alpha value is -1.81. The minimum atomic E-state index is 0.385. The molecule has 0 saturated heterocycles. The zero-order valence-corrected chi connectivity index (χ0v) is 9.34. The number of aryl methyl sites for hydroxylation is 1. The fraction of sp³-hybridized carbons (Fsp3) is 0.0909. The largest absolute Gasteiger partial charge is 0.382 e. The van der Waals surface area contributed by atoms with Gasteiger partial charge in [0.15, 0.2) is 5.82 Å². The van der Waals surface area contributed by atoms with Crippen molar-refractivity contribution < 1.29 is 0 Å². The highest BCUT2D eigenvalue weighted by atomic mass is 35.5. The molecular formula is C11H9ClN4. The number of pyridine rings is 1. The fourth-order valence-electron chi connectivity index (χ4n) is 1.92. The Bertz CT molecular complexity index is 702. The quantitative estimate of drug-likeness (QED) is 0.586. The summed E-state index contributed by atoms with van der Waals surface area (Å²) in [7, 11) is 0. The third kappa shape index (κ3) is 1.10. The molecule has 0 saturated carbocycles. The van der Waals surface area contributed by atoms with Crippen LogP contribution in [-0.4, -0.2) is 15.2 Å². The Morgan fingerprint density at radius 1 is 1.38 bits per heavy atom. The second-order valence-electron chi connectivity index (χ2n) is 3.73. The number of hydrogen-bond donors (Lipinski definition) is 2. The lowest BCUT2D eigenvalue weighted by Crippen LogP contribution is -1.88. The van der Waals surface area contributed by atoms with Crippen molar-refractivity contribution in [2.45, 2.75) is 6.92 Å². The predicted octanol–water partition coefficient (Wildman–Crippen LogP) is 2.66. The van der Waals surface area contributed by atoms with Gasteiger partial charge in [-0.1, -0.05) is 29.8 Å². The van der Waals surface area contributed by atoms with Gasteiger partial charge in [-0.15, -0.1) is 0 Å². The standard InChI is InChI=1S/C11H9ClN4/c1-5-3-2-4-6-8(5)14-10(12)7-9(6)15-16-11(7)13/h2-4H,1H3,(H3,13,15,16). The van der Waals surface area contributed by atoms with Crippen molar-refractivity contribution in [2.75, 3.05) is 5.73 Å². The number of nitrogens with two attached hydrogens (primary N) is 1. The predicted molar refractivity (Wildman–Crippen MR) is 65.6 cm³/mol. The number of para-hydroxylation sites is 1. The average Bonchev–Trinajstić information content (AvgIpc) is 2.64. The van der Waals surface area contributed by atoms with Crippen LogP contribution in [0, 0.1) is 6.92 Å². The van der Waals surface area contributed by atoms with E-state index in [9.17, 15) is 0 Å². The van der Waals surface area contributed by atoms with E-state index in [1.807, 2.05) is 25.1 Å². The Kier molecular flexibility index (Phi) is 1.82. The number of rotatable bonds is 0. The molecule has 0 unspecified atom stereocenters. The number of halogens is 1. The number of benzene rings is 1. The van der Waals surface area contributed by atoms with Gasteiger partial charge >= 0.3 is 0 Å². The number of nitrogens with one attached hydrogen (secondary N) is 1. The molecular weight excluding hydrogens is 224 g/mol. The third-order valence-corrected chi connectivity index (χ3v) is 2.99. The van der Waals surface area contributed by atoms with E-state index in [1.54, 1.807) is 0 Å². The molecule has 0 atom stereocenters. The van der Waals surface area contributed by atoms with Gasteiger partial charge in [0, 0.05) is 5.39 Å². The molecule has 3 rings (SSSR count). The van der Waals surface area contributed by atoms with Crippen LogP contribution in [0.4, 0.5) is 5.82 Å². The molecule has 0 spiro atoms. The number of hydrogen-bond acceptors (Lipinski definition) is 3. The van der Waals surface area contributed by atoms with Crippen molar-refractivity contribution in [3.63, 3.8) is 0 Å². The molecule has 0 aliphatic carbocycles. The molecule has 16 heavy (non-hydrogen) atoms. The number of fused-ring (bicyclic) bond motifs is 3. The van der Waals surface area contributed by atoms with Gasteiger partial charge in [-0.2, -0.15) is 5.10 Å². The van der Waals surface area contributed by atoms with Crippen LogP contribution in [0.3, 0.4) is 0 Å². The highest BCUT2D eigenvalue weighted by Gasteiger charge is 2.12. The molecule has 0 aliphatic rings. The van der Waals surface area contributed by atoms with Crippen LogP contribution >= 0.6 is 11.6 Å². The molecule has 80 valence electrons. The van der Waals surface area contributed by atoms with Crippen molar-refractivity contribution in [1.29, 1.82) is 0 Å². The highest BCUT2D eigenvalue weighted by Crippen LogP contribution is 2.31. The first-order chi connectivity index (χ1) is 7.68. The van der Waals surface area contributed by atoms with Crippen LogP contribution in [0.15, 0.2) is 18.2 Å². The van der Waals surface area contributed by atoms with Gasteiger partial charge in [0.25, 0.3) is 0 Å². The summed E-state index contributed by atoms with van der Waals surface area (Å²) in [5.74, 6) is 0.385. The first-order valence-corrected chi connectivity index (χ1v) is 5.24. The molecule has 2 heterocycles. The summed E-state index contributed by atoms with van der Waals surface area (Å²) < 4.78 is 0. The van der Waals surface area contributed by atoms with Gasteiger partial charge in [-0.05, 0) is 12.5 Å². The van der Waals surface area contributed by atoms with Crippen LogP contribution in [-0.2, 0) is 0 Å². The molecule has 0 radical (unpaired) electrons. The van der Waals surface area contributed by atoms with Crippen molar-refractivity contribution in [2.24, 2.45) is 0 Å². The van der Waals surface area contributed by atoms with E-state index < -0.39 is 0 Å². The zero-order valence-electron chi connectivity index (χ0n) is 8.58. The molecule has 3 N–H and O–H groups in total. The summed E-state index contributed by atoms with van der Waals surface area (Å²) in [4.78, 5) is 4.36. The number of nitrogen functional groups attached to an aromatic ring is 1. The van der Waals surface area contributed by atoms with Crippen molar-refractivity contribution in [3.05, 3.63) is 28.9 Å². The first-order valence-electron chi connectivity index (χ1n) is 4.87. The topological polar surface area (TPSA) is 67.6 Å². The van der Waals surface area contributed by atoms with Crippen LogP contribution < -0.4 is 5.73 Å². The number of aromatic nitrogens is 3. The third-order valence-electron chi connectivity index (χ3n) is 2.72. The lowest BCUT2D eigenvalue weighted by Gasteiger charge is -2.03. The van der Waals surface area contributed by atoms with Crippen molar-refractivity contribution in [1.82, 2.24) is 15.2 Å². The van der Waals surface area contributed by atoms with Crippen molar-refractivity contribution in [3.8, 4) is 0 Å². The maximum absolute atomic E-state index is 6.10. The molecule has 1 aromatic carbocycles. The van der Waals surface area contributed by atoms with Crippen LogP contribution in [0.25, 0.3) is 21.8 Å². The van der Waals surface area contributed by atoms with Crippen molar-refractivity contribution >= 4 is 39.2 Å². The Balaban J connectivity index is 2.65. The van der Waals surface area contributed by atoms with Gasteiger partial charge < -0.3 is 5.73 Å². The van der Waals surface area contributed by atoms with E-state index in [-0.39, 0.29) is 0 Å². The maximum atomic E-state index is 6.10. The van der Waals surface area contributed by atoms with E-state index in [2.05, 4.69) is 15.2 Å². The van der Waals surface area contributed by atoms with E-state index in [0.717, 1.165) is 22.0 Å². The average molecular weight is 233 g/mol. The van der Waals surface area contributed by atoms with E-state index in [0.29, 0.717) is 16.4 Å². The summed E-state index contributed by atoms with van der Waals surface area (Å²) >= 11 is 6.10. The monoisotopic (exact) mass is 232 g/mol. The van der Waals surface area contributed by atoms with E-state index >= 15 is 0 Å². The Labute approximate surface area is 96.4 Å². The van der Waals surface area contributed by atoms with E-state index in [4.69, 9.17) is 17.3 Å². The van der Waals surface area contributed by atoms with Crippen LogP contribution in [0.2, 0.25) is 5.15 Å². The molecule has 0 bridgehead atoms. The second kappa shape index (κ2) is 3.09. The summed E-state index contributed by atoms with van der Waals surface area (Å²) in [6, 6.07) is 5.95.